The van der Waals surface area contributed by atoms with E-state index in [2.05, 4.69) is 4.99 Å². The van der Waals surface area contributed by atoms with E-state index in [4.69, 9.17) is 18.6 Å². The van der Waals surface area contributed by atoms with Crippen molar-refractivity contribution >= 4 is 29.1 Å². The van der Waals surface area contributed by atoms with Gasteiger partial charge in [-0.3, -0.25) is 19.5 Å². The molecule has 1 aliphatic heterocycles. The van der Waals surface area contributed by atoms with Gasteiger partial charge in [0.1, 0.15) is 29.9 Å². The first kappa shape index (κ1) is 29.7. The van der Waals surface area contributed by atoms with Crippen LogP contribution in [0.5, 0.6) is 5.75 Å². The van der Waals surface area contributed by atoms with E-state index >= 15 is 0 Å². The van der Waals surface area contributed by atoms with Crippen molar-refractivity contribution < 1.29 is 28.3 Å². The van der Waals surface area contributed by atoms with Crippen molar-refractivity contribution in [1.82, 2.24) is 4.57 Å². The third-order valence-electron chi connectivity index (χ3n) is 6.60. The van der Waals surface area contributed by atoms with Gasteiger partial charge in [0.25, 0.3) is 11.2 Å². The number of benzene rings is 2. The van der Waals surface area contributed by atoms with E-state index in [-0.39, 0.29) is 36.1 Å². The second-order valence-electron chi connectivity index (χ2n) is 9.92. The first-order valence-electron chi connectivity index (χ1n) is 13.5. The van der Waals surface area contributed by atoms with Crippen molar-refractivity contribution in [2.45, 2.75) is 32.9 Å². The molecule has 0 unspecified atom stereocenters. The molecule has 2 aromatic heterocycles. The minimum Gasteiger partial charge on any atom is -0.491 e. The van der Waals surface area contributed by atoms with E-state index in [1.165, 1.54) is 35.1 Å². The maximum Gasteiger partial charge on any atom is 0.338 e. The molecule has 0 bridgehead atoms. The third-order valence-corrected chi connectivity index (χ3v) is 7.58. The molecule has 0 spiro atoms. The lowest BCUT2D eigenvalue weighted by Crippen LogP contribution is -2.40. The number of para-hydroxylation sites is 1. The number of rotatable bonds is 10. The number of hydrogen-bond donors (Lipinski definition) is 0. The number of non-ortho nitro benzene ring substituents is 1. The monoisotopic (exact) mass is 603 g/mol. The van der Waals surface area contributed by atoms with E-state index in [0.717, 1.165) is 0 Å². The average Bonchev–Trinajstić information content (AvgIpc) is 3.56. The molecule has 1 aliphatic rings. The molecule has 12 heteroatoms. The van der Waals surface area contributed by atoms with Gasteiger partial charge in [0.2, 0.25) is 0 Å². The minimum absolute atomic E-state index is 0.0243. The molecule has 0 amide bonds. The number of aromatic nitrogens is 1. The van der Waals surface area contributed by atoms with Crippen LogP contribution in [-0.2, 0) is 14.3 Å². The largest absolute Gasteiger partial charge is 0.491 e. The van der Waals surface area contributed by atoms with Crippen molar-refractivity contribution in [3.05, 3.63) is 113 Å². The lowest BCUT2D eigenvalue weighted by atomic mass is 9.95. The summed E-state index contributed by atoms with van der Waals surface area (Å²) in [6, 6.07) is 15.9. The molecule has 3 heterocycles. The van der Waals surface area contributed by atoms with Crippen LogP contribution in [0, 0.1) is 10.1 Å². The molecule has 0 fully saturated rings. The van der Waals surface area contributed by atoms with Gasteiger partial charge in [-0.1, -0.05) is 29.5 Å². The Kier molecular flexibility index (Phi) is 8.69. The van der Waals surface area contributed by atoms with Gasteiger partial charge in [-0.05, 0) is 51.1 Å². The van der Waals surface area contributed by atoms with Gasteiger partial charge >= 0.3 is 5.97 Å². The molecule has 0 N–H and O–H groups in total. The highest BCUT2D eigenvalue weighted by molar-refractivity contribution is 7.07. The SMILES string of the molecule is COCCOC(=O)C1=C(C)N=c2s/c(=C/c3ccc(-c4ccc([N+](=O)[O-])cc4)o3)c(=O)n2[C@H]1c1ccccc1OC(C)C. The minimum atomic E-state index is -0.851. The summed E-state index contributed by atoms with van der Waals surface area (Å²) in [5.74, 6) is 0.834. The van der Waals surface area contributed by atoms with E-state index in [9.17, 15) is 19.7 Å². The molecule has 0 radical (unpaired) electrons. The van der Waals surface area contributed by atoms with Crippen LogP contribution in [0.1, 0.15) is 38.1 Å². The third kappa shape index (κ3) is 6.20. The Bertz CT molecular complexity index is 1880. The second-order valence-corrected chi connectivity index (χ2v) is 10.9. The quantitative estimate of drug-likeness (QED) is 0.113. The average molecular weight is 604 g/mol. The number of nitrogens with zero attached hydrogens (tertiary/aromatic N) is 3. The predicted molar refractivity (Wildman–Crippen MR) is 160 cm³/mol. The predicted octanol–water partition coefficient (Wildman–Crippen LogP) is 4.38. The van der Waals surface area contributed by atoms with Gasteiger partial charge in [0.05, 0.1) is 33.4 Å². The number of esters is 1. The number of nitro benzene ring substituents is 1. The number of furan rings is 1. The topological polar surface area (TPSA) is 135 Å². The van der Waals surface area contributed by atoms with E-state index in [0.29, 0.717) is 43.4 Å². The summed E-state index contributed by atoms with van der Waals surface area (Å²) in [4.78, 5) is 42.9. The number of carbonyl (C=O) groups is 1. The lowest BCUT2D eigenvalue weighted by Gasteiger charge is -2.27. The summed E-state index contributed by atoms with van der Waals surface area (Å²) in [6.07, 6.45) is 1.46. The van der Waals surface area contributed by atoms with Crippen LogP contribution in [0.25, 0.3) is 17.4 Å². The Morgan fingerprint density at radius 1 is 1.14 bits per heavy atom. The number of thiazole rings is 1. The van der Waals surface area contributed by atoms with Crippen LogP contribution in [0.3, 0.4) is 0 Å². The Labute approximate surface area is 250 Å². The van der Waals surface area contributed by atoms with Crippen molar-refractivity contribution in [2.24, 2.45) is 4.99 Å². The maximum absolute atomic E-state index is 14.0. The standard InChI is InChI=1S/C31H29N3O8S/c1-18(2)41-25-8-6-5-7-23(25)28-27(30(36)40-16-15-39-4)19(3)32-31-33(28)29(35)26(43-31)17-22-13-14-24(42-22)20-9-11-21(12-10-20)34(37)38/h5-14,17-18,28H,15-16H2,1-4H3/b26-17+/t28-/m0/s1. The molecule has 1 atom stereocenters. The highest BCUT2D eigenvalue weighted by Gasteiger charge is 2.35. The lowest BCUT2D eigenvalue weighted by molar-refractivity contribution is -0.384. The molecule has 222 valence electrons. The van der Waals surface area contributed by atoms with Gasteiger partial charge in [-0.2, -0.15) is 0 Å². The van der Waals surface area contributed by atoms with Crippen LogP contribution in [0.15, 0.2) is 86.1 Å². The number of hydrogen-bond acceptors (Lipinski definition) is 10. The van der Waals surface area contributed by atoms with Crippen molar-refractivity contribution in [3.8, 4) is 17.1 Å². The summed E-state index contributed by atoms with van der Waals surface area (Å²) in [7, 11) is 1.51. The zero-order chi connectivity index (χ0) is 30.7. The van der Waals surface area contributed by atoms with Gasteiger partial charge in [0.15, 0.2) is 4.80 Å². The fourth-order valence-corrected chi connectivity index (χ4v) is 5.73. The van der Waals surface area contributed by atoms with Crippen LogP contribution in [-0.4, -0.2) is 41.9 Å². The maximum atomic E-state index is 14.0. The van der Waals surface area contributed by atoms with Crippen LogP contribution >= 0.6 is 11.3 Å². The molecule has 11 nitrogen and oxygen atoms in total. The Hall–Kier alpha value is -4.81. The first-order chi connectivity index (χ1) is 20.7. The van der Waals surface area contributed by atoms with Crippen LogP contribution in [0.4, 0.5) is 5.69 Å². The molecule has 4 aromatic rings. The van der Waals surface area contributed by atoms with Gasteiger partial charge in [-0.15, -0.1) is 0 Å². The fraction of sp³-hybridized carbons (Fsp3) is 0.258. The summed E-state index contributed by atoms with van der Waals surface area (Å²) in [5, 5.41) is 11.0. The van der Waals surface area contributed by atoms with E-state index in [1.807, 2.05) is 32.0 Å². The van der Waals surface area contributed by atoms with E-state index < -0.39 is 16.9 Å². The summed E-state index contributed by atoms with van der Waals surface area (Å²) in [5.41, 5.74) is 1.54. The number of allylic oxidation sites excluding steroid dienone is 1. The normalized spacial score (nSPS) is 14.9. The van der Waals surface area contributed by atoms with Crippen molar-refractivity contribution in [1.29, 1.82) is 0 Å². The zero-order valence-corrected chi connectivity index (χ0v) is 24.8. The zero-order valence-electron chi connectivity index (χ0n) is 23.9. The number of methoxy groups -OCH3 is 1. The summed E-state index contributed by atoms with van der Waals surface area (Å²) < 4.78 is 24.4. The van der Waals surface area contributed by atoms with E-state index in [1.54, 1.807) is 43.3 Å². The second kappa shape index (κ2) is 12.6. The molecule has 0 saturated heterocycles. The highest BCUT2D eigenvalue weighted by atomic mass is 32.1. The molecule has 2 aromatic carbocycles. The number of carbonyl (C=O) groups excluding carboxylic acids is 1. The van der Waals surface area contributed by atoms with Gasteiger partial charge < -0.3 is 18.6 Å². The number of nitro groups is 1. The molecule has 0 saturated carbocycles. The smallest absolute Gasteiger partial charge is 0.338 e. The molecular weight excluding hydrogens is 574 g/mol. The summed E-state index contributed by atoms with van der Waals surface area (Å²) in [6.45, 7) is 5.78. The fourth-order valence-electron chi connectivity index (χ4n) is 4.70. The first-order valence-corrected chi connectivity index (χ1v) is 14.3. The van der Waals surface area contributed by atoms with Crippen molar-refractivity contribution in [3.63, 3.8) is 0 Å². The molecule has 5 rings (SSSR count). The summed E-state index contributed by atoms with van der Waals surface area (Å²) >= 11 is 1.17. The highest BCUT2D eigenvalue weighted by Crippen LogP contribution is 2.36. The van der Waals surface area contributed by atoms with Crippen LogP contribution in [0.2, 0.25) is 0 Å². The molecule has 0 aliphatic carbocycles. The number of fused-ring (bicyclic) bond motifs is 1. The van der Waals surface area contributed by atoms with Gasteiger partial charge in [-0.25, -0.2) is 9.79 Å². The molecule has 43 heavy (non-hydrogen) atoms. The Morgan fingerprint density at radius 3 is 2.58 bits per heavy atom. The van der Waals surface area contributed by atoms with Gasteiger partial charge in [0, 0.05) is 36.4 Å². The Morgan fingerprint density at radius 2 is 1.88 bits per heavy atom. The van der Waals surface area contributed by atoms with Crippen LogP contribution < -0.4 is 19.6 Å². The Balaban J connectivity index is 1.60. The molecular formula is C31H29N3O8S. The number of ether oxygens (including phenoxy) is 3. The van der Waals surface area contributed by atoms with Crippen molar-refractivity contribution in [2.75, 3.05) is 20.3 Å².